The summed E-state index contributed by atoms with van der Waals surface area (Å²) >= 11 is 3.02. The van der Waals surface area contributed by atoms with E-state index in [-0.39, 0.29) is 40.7 Å². The molecule has 0 radical (unpaired) electrons. The van der Waals surface area contributed by atoms with Crippen LogP contribution in [-0.4, -0.2) is 41.6 Å². The van der Waals surface area contributed by atoms with Crippen molar-refractivity contribution in [2.24, 2.45) is 5.14 Å². The van der Waals surface area contributed by atoms with Crippen LogP contribution in [0.4, 0.5) is 4.39 Å². The van der Waals surface area contributed by atoms with E-state index in [2.05, 4.69) is 40.6 Å². The Morgan fingerprint density at radius 2 is 2.11 bits per heavy atom. The van der Waals surface area contributed by atoms with Crippen LogP contribution in [0.2, 0.25) is 0 Å². The maximum atomic E-state index is 13.4. The summed E-state index contributed by atoms with van der Waals surface area (Å²) in [4.78, 5) is 12.0. The third kappa shape index (κ3) is 4.38. The summed E-state index contributed by atoms with van der Waals surface area (Å²) < 4.78 is 52.7. The van der Waals surface area contributed by atoms with Crippen LogP contribution in [0.1, 0.15) is 0 Å². The van der Waals surface area contributed by atoms with Crippen LogP contribution in [0.15, 0.2) is 36.6 Å². The van der Waals surface area contributed by atoms with Crippen molar-refractivity contribution >= 4 is 26.1 Å². The maximum Gasteiger partial charge on any atom is 0.446 e. The minimum Gasteiger partial charge on any atom is -0.472 e. The molecule has 2 aromatic heterocycles. The first-order valence-corrected chi connectivity index (χ1v) is 9.37. The number of nitrogens with one attached hydrogen (secondary N) is 1. The first-order valence-electron chi connectivity index (χ1n) is 7.03. The molecule has 1 aromatic carbocycles. The van der Waals surface area contributed by atoms with Crippen LogP contribution in [0.25, 0.3) is 17.2 Å². The van der Waals surface area contributed by atoms with E-state index in [1.165, 1.54) is 12.1 Å². The summed E-state index contributed by atoms with van der Waals surface area (Å²) in [7, 11) is -3.87. The molecule has 0 unspecified atom stereocenters. The van der Waals surface area contributed by atoms with Crippen molar-refractivity contribution in [1.29, 1.82) is 0 Å². The third-order valence-electron chi connectivity index (χ3n) is 3.08. The van der Waals surface area contributed by atoms with Crippen molar-refractivity contribution in [2.45, 2.75) is 0 Å². The lowest BCUT2D eigenvalue weighted by Crippen LogP contribution is -2.33. The zero-order valence-electron chi connectivity index (χ0n) is 13.1. The minimum absolute atomic E-state index is 0.0862. The van der Waals surface area contributed by atoms with Gasteiger partial charge in [-0.3, -0.25) is 4.52 Å². The lowest BCUT2D eigenvalue weighted by molar-refractivity contribution is 0.258. The molecule has 0 bridgehead atoms. The number of nitrogens with two attached hydrogens (primary N) is 1. The molecule has 3 aromatic rings. The van der Waals surface area contributed by atoms with E-state index in [0.29, 0.717) is 0 Å². The Morgan fingerprint density at radius 1 is 1.33 bits per heavy atom. The normalized spacial score (nSPS) is 11.7. The fourth-order valence-corrected chi connectivity index (χ4v) is 2.73. The topological polar surface area (TPSA) is 168 Å². The molecular formula is C12H10BrFN6O6S. The average molecular weight is 465 g/mol. The predicted molar refractivity (Wildman–Crippen MR) is 89.7 cm³/mol. The highest BCUT2D eigenvalue weighted by Gasteiger charge is 2.24. The maximum absolute atomic E-state index is 13.4. The lowest BCUT2D eigenvalue weighted by atomic mass is 10.3. The molecule has 0 fully saturated rings. The second-order valence-electron chi connectivity index (χ2n) is 4.91. The molecule has 3 N–H and O–H groups in total. The highest BCUT2D eigenvalue weighted by molar-refractivity contribution is 9.10. The number of rotatable bonds is 7. The predicted octanol–water partition coefficient (Wildman–Crippen LogP) is -0.0510. The van der Waals surface area contributed by atoms with Crippen LogP contribution < -0.4 is 20.4 Å². The highest BCUT2D eigenvalue weighted by atomic mass is 79.9. The van der Waals surface area contributed by atoms with Crippen LogP contribution in [0, 0.1) is 5.82 Å². The zero-order chi connectivity index (χ0) is 19.6. The molecule has 0 aliphatic rings. The summed E-state index contributed by atoms with van der Waals surface area (Å²) in [6.07, 6.45) is 0. The second-order valence-corrected chi connectivity index (χ2v) is 7.14. The molecule has 15 heteroatoms. The molecule has 0 spiro atoms. The van der Waals surface area contributed by atoms with Crippen molar-refractivity contribution < 1.29 is 26.7 Å². The van der Waals surface area contributed by atoms with E-state index in [0.717, 1.165) is 10.6 Å². The molecule has 0 saturated carbocycles. The van der Waals surface area contributed by atoms with Crippen molar-refractivity contribution in [1.82, 2.24) is 24.8 Å². The quantitative estimate of drug-likeness (QED) is 0.455. The number of ether oxygens (including phenoxy) is 1. The minimum atomic E-state index is -3.87. The largest absolute Gasteiger partial charge is 0.472 e. The van der Waals surface area contributed by atoms with Gasteiger partial charge in [-0.15, -0.1) is 0 Å². The molecular weight excluding hydrogens is 455 g/mol. The molecule has 27 heavy (non-hydrogen) atoms. The van der Waals surface area contributed by atoms with E-state index in [1.807, 2.05) is 4.72 Å². The second kappa shape index (κ2) is 7.55. The van der Waals surface area contributed by atoms with E-state index >= 15 is 0 Å². The van der Waals surface area contributed by atoms with Gasteiger partial charge >= 0.3 is 5.76 Å². The molecule has 0 atom stereocenters. The van der Waals surface area contributed by atoms with Gasteiger partial charge in [-0.2, -0.15) is 13.1 Å². The standard InChI is InChI=1S/C12H10BrFN6O6S/c13-7-5-6(1-2-8(7)14)20-10(18-25-12(20)21)9-11(19-26-17-9)24-4-3-16-27(15,22)23/h1-2,5,16H,3-4H2,(H2,15,22,23). The molecule has 0 aliphatic carbocycles. The van der Waals surface area contributed by atoms with Gasteiger partial charge in [-0.05, 0) is 44.4 Å². The van der Waals surface area contributed by atoms with E-state index < -0.39 is 21.8 Å². The summed E-state index contributed by atoms with van der Waals surface area (Å²) in [6, 6.07) is 3.80. The third-order valence-corrected chi connectivity index (χ3v) is 4.29. The zero-order valence-corrected chi connectivity index (χ0v) is 15.5. The number of hydrogen-bond acceptors (Lipinski definition) is 9. The van der Waals surface area contributed by atoms with Gasteiger partial charge in [0.05, 0.1) is 10.2 Å². The fourth-order valence-electron chi connectivity index (χ4n) is 1.99. The first kappa shape index (κ1) is 19.2. The number of halogens is 2. The van der Waals surface area contributed by atoms with Crippen LogP contribution in [0.3, 0.4) is 0 Å². The lowest BCUT2D eigenvalue weighted by Gasteiger charge is -2.06. The smallest absolute Gasteiger partial charge is 0.446 e. The molecule has 2 heterocycles. The molecule has 0 saturated heterocycles. The fraction of sp³-hybridized carbons (Fsp3) is 0.167. The summed E-state index contributed by atoms with van der Waals surface area (Å²) in [5, 5.41) is 15.5. The average Bonchev–Trinajstić information content (AvgIpc) is 3.19. The molecule has 3 rings (SSSR count). The molecule has 0 amide bonds. The van der Waals surface area contributed by atoms with Crippen LogP contribution >= 0.6 is 15.9 Å². The van der Waals surface area contributed by atoms with Crippen molar-refractivity contribution in [2.75, 3.05) is 13.2 Å². The highest BCUT2D eigenvalue weighted by Crippen LogP contribution is 2.27. The Labute approximate surface area is 158 Å². The Balaban J connectivity index is 1.89. The van der Waals surface area contributed by atoms with Gasteiger partial charge in [-0.1, -0.05) is 5.16 Å². The van der Waals surface area contributed by atoms with Crippen molar-refractivity contribution in [3.63, 3.8) is 0 Å². The van der Waals surface area contributed by atoms with Gasteiger partial charge in [0.2, 0.25) is 11.5 Å². The number of hydrogen-bond donors (Lipinski definition) is 2. The van der Waals surface area contributed by atoms with Gasteiger partial charge in [0.25, 0.3) is 16.1 Å². The molecule has 12 nitrogen and oxygen atoms in total. The van der Waals surface area contributed by atoms with Gasteiger partial charge in [0, 0.05) is 6.54 Å². The van der Waals surface area contributed by atoms with Crippen molar-refractivity contribution in [3.05, 3.63) is 39.0 Å². The van der Waals surface area contributed by atoms with E-state index in [1.54, 1.807) is 0 Å². The SMILES string of the molecule is NS(=O)(=O)NCCOc1nonc1-c1noc(=O)n1-c1ccc(F)c(Br)c1. The van der Waals surface area contributed by atoms with Crippen LogP contribution in [-0.2, 0) is 10.2 Å². The molecule has 0 aliphatic heterocycles. The number of nitrogens with zero attached hydrogens (tertiary/aromatic N) is 4. The number of benzene rings is 1. The van der Waals surface area contributed by atoms with E-state index in [4.69, 9.17) is 9.88 Å². The van der Waals surface area contributed by atoms with Gasteiger partial charge in [-0.25, -0.2) is 23.5 Å². The Morgan fingerprint density at radius 3 is 2.81 bits per heavy atom. The Hall–Kier alpha value is -2.62. The Kier molecular flexibility index (Phi) is 5.36. The molecule has 144 valence electrons. The van der Waals surface area contributed by atoms with Gasteiger partial charge < -0.3 is 4.74 Å². The summed E-state index contributed by atoms with van der Waals surface area (Å²) in [5.74, 6) is -1.68. The number of aromatic nitrogens is 4. The van der Waals surface area contributed by atoms with Gasteiger partial charge in [0.1, 0.15) is 12.4 Å². The van der Waals surface area contributed by atoms with Crippen molar-refractivity contribution in [3.8, 4) is 23.1 Å². The Bertz CT molecular complexity index is 1130. The summed E-state index contributed by atoms with van der Waals surface area (Å²) in [6.45, 7) is -0.316. The first-order chi connectivity index (χ1) is 12.8. The van der Waals surface area contributed by atoms with Gasteiger partial charge in [0.15, 0.2) is 0 Å². The monoisotopic (exact) mass is 464 g/mol. The summed E-state index contributed by atoms with van der Waals surface area (Å²) in [5.41, 5.74) is 0.145. The van der Waals surface area contributed by atoms with E-state index in [9.17, 15) is 17.6 Å². The van der Waals surface area contributed by atoms with Crippen LogP contribution in [0.5, 0.6) is 5.88 Å².